The second-order valence-corrected chi connectivity index (χ2v) is 10.2. The lowest BCUT2D eigenvalue weighted by atomic mass is 10.0. The Kier molecular flexibility index (Phi) is 13.1. The lowest BCUT2D eigenvalue weighted by Crippen LogP contribution is -2.20. The molecule has 0 fully saturated rings. The van der Waals surface area contributed by atoms with Gasteiger partial charge in [-0.15, -0.1) is 0 Å². The van der Waals surface area contributed by atoms with E-state index in [0.717, 1.165) is 36.8 Å². The number of nitrogens with two attached hydrogens (primary N) is 1. The minimum absolute atomic E-state index is 0.614. The average Bonchev–Trinajstić information content (AvgIpc) is 2.93. The summed E-state index contributed by atoms with van der Waals surface area (Å²) in [6.07, 6.45) is 20.8. The topological polar surface area (TPSA) is 67.1 Å². The van der Waals surface area contributed by atoms with E-state index in [9.17, 15) is 0 Å². The van der Waals surface area contributed by atoms with Crippen LogP contribution in [0.15, 0.2) is 48.8 Å². The number of nitrogen functional groups attached to an aromatic ring is 1. The Morgan fingerprint density at radius 1 is 0.703 bits per heavy atom. The summed E-state index contributed by atoms with van der Waals surface area (Å²) in [7, 11) is 0. The molecule has 0 unspecified atom stereocenters. The van der Waals surface area contributed by atoms with Crippen LogP contribution in [-0.2, 0) is 0 Å². The zero-order chi connectivity index (χ0) is 26.1. The number of nitrogens with one attached hydrogen (secondary N) is 1. The largest absolute Gasteiger partial charge is 0.393 e. The van der Waals surface area contributed by atoms with Crippen molar-refractivity contribution in [3.05, 3.63) is 48.8 Å². The maximum Gasteiger partial charge on any atom is 0.161 e. The first-order valence-electron chi connectivity index (χ1n) is 14.9. The quantitative estimate of drug-likeness (QED) is 0.160. The first-order chi connectivity index (χ1) is 18.3. The molecule has 0 bridgehead atoms. The van der Waals surface area contributed by atoms with Crippen LogP contribution in [0.4, 0.5) is 23.0 Å². The standard InChI is InChI=1S/C32H49N5/c1-3-5-6-7-8-9-10-11-12-13-14-15-16-19-25-34-31-30(33)32(36-26-35-31)37(4-2)29-24-20-22-27-21-17-18-23-28(27)29/h17-18,20-24,26H,3-16,19,25,33H2,1-2H3,(H,34,35,36). The third-order valence-corrected chi connectivity index (χ3v) is 7.31. The van der Waals surface area contributed by atoms with Gasteiger partial charge in [0, 0.05) is 18.5 Å². The maximum absolute atomic E-state index is 6.57. The van der Waals surface area contributed by atoms with E-state index in [1.807, 2.05) is 0 Å². The highest BCUT2D eigenvalue weighted by molar-refractivity contribution is 5.97. The Balaban J connectivity index is 1.37. The molecule has 0 aliphatic rings. The Morgan fingerprint density at radius 2 is 1.30 bits per heavy atom. The predicted molar refractivity (Wildman–Crippen MR) is 162 cm³/mol. The van der Waals surface area contributed by atoms with Gasteiger partial charge in [-0.05, 0) is 24.8 Å². The van der Waals surface area contributed by atoms with Gasteiger partial charge in [0.15, 0.2) is 11.6 Å². The number of rotatable bonds is 19. The molecule has 0 atom stereocenters. The number of aromatic nitrogens is 2. The molecule has 0 aliphatic carbocycles. The average molecular weight is 504 g/mol. The number of nitrogens with zero attached hydrogens (tertiary/aromatic N) is 3. The molecule has 0 aliphatic heterocycles. The van der Waals surface area contributed by atoms with Crippen LogP contribution in [0.25, 0.3) is 10.8 Å². The van der Waals surface area contributed by atoms with Crippen molar-refractivity contribution in [3.8, 4) is 0 Å². The zero-order valence-corrected chi connectivity index (χ0v) is 23.4. The highest BCUT2D eigenvalue weighted by Gasteiger charge is 2.17. The van der Waals surface area contributed by atoms with Gasteiger partial charge in [0.05, 0.1) is 5.69 Å². The van der Waals surface area contributed by atoms with E-state index in [4.69, 9.17) is 5.73 Å². The molecule has 1 heterocycles. The molecular weight excluding hydrogens is 454 g/mol. The molecule has 0 saturated heterocycles. The first-order valence-corrected chi connectivity index (χ1v) is 14.9. The van der Waals surface area contributed by atoms with Crippen molar-refractivity contribution in [1.82, 2.24) is 9.97 Å². The zero-order valence-electron chi connectivity index (χ0n) is 23.4. The predicted octanol–water partition coefficient (Wildman–Crippen LogP) is 9.26. The maximum atomic E-state index is 6.57. The molecule has 0 saturated carbocycles. The molecule has 2 aromatic carbocycles. The van der Waals surface area contributed by atoms with Crippen molar-refractivity contribution in [2.75, 3.05) is 29.0 Å². The van der Waals surface area contributed by atoms with Crippen molar-refractivity contribution in [1.29, 1.82) is 0 Å². The normalized spacial score (nSPS) is 11.2. The van der Waals surface area contributed by atoms with Crippen LogP contribution in [0.3, 0.4) is 0 Å². The second-order valence-electron chi connectivity index (χ2n) is 10.2. The highest BCUT2D eigenvalue weighted by Crippen LogP contribution is 2.35. The summed E-state index contributed by atoms with van der Waals surface area (Å²) in [6, 6.07) is 14.8. The molecular formula is C32H49N5. The van der Waals surface area contributed by atoms with Gasteiger partial charge in [-0.3, -0.25) is 0 Å². The van der Waals surface area contributed by atoms with Gasteiger partial charge in [0.25, 0.3) is 0 Å². The van der Waals surface area contributed by atoms with Crippen LogP contribution < -0.4 is 16.0 Å². The van der Waals surface area contributed by atoms with E-state index >= 15 is 0 Å². The molecule has 0 spiro atoms. The fourth-order valence-electron chi connectivity index (χ4n) is 5.15. The van der Waals surface area contributed by atoms with Crippen LogP contribution in [0.2, 0.25) is 0 Å². The van der Waals surface area contributed by atoms with Gasteiger partial charge in [-0.1, -0.05) is 127 Å². The number of hydrogen-bond donors (Lipinski definition) is 2. The van der Waals surface area contributed by atoms with E-state index in [-0.39, 0.29) is 0 Å². The fourth-order valence-corrected chi connectivity index (χ4v) is 5.15. The second kappa shape index (κ2) is 16.8. The number of fused-ring (bicyclic) bond motifs is 1. The molecule has 3 N–H and O–H groups in total. The van der Waals surface area contributed by atoms with Crippen molar-refractivity contribution in [3.63, 3.8) is 0 Å². The molecule has 5 nitrogen and oxygen atoms in total. The molecule has 0 radical (unpaired) electrons. The van der Waals surface area contributed by atoms with Gasteiger partial charge in [-0.25, -0.2) is 9.97 Å². The minimum atomic E-state index is 0.614. The van der Waals surface area contributed by atoms with Crippen LogP contribution >= 0.6 is 0 Å². The van der Waals surface area contributed by atoms with E-state index in [1.54, 1.807) is 6.33 Å². The first kappa shape index (κ1) is 28.7. The van der Waals surface area contributed by atoms with E-state index in [1.165, 1.54) is 94.2 Å². The summed E-state index contributed by atoms with van der Waals surface area (Å²) in [4.78, 5) is 11.2. The molecule has 5 heteroatoms. The van der Waals surface area contributed by atoms with Crippen LogP contribution in [0, 0.1) is 0 Å². The number of benzene rings is 2. The summed E-state index contributed by atoms with van der Waals surface area (Å²) < 4.78 is 0. The summed E-state index contributed by atoms with van der Waals surface area (Å²) >= 11 is 0. The number of anilines is 4. The van der Waals surface area contributed by atoms with Crippen molar-refractivity contribution >= 4 is 33.8 Å². The van der Waals surface area contributed by atoms with Gasteiger partial charge in [0.1, 0.15) is 12.0 Å². The summed E-state index contributed by atoms with van der Waals surface area (Å²) in [5.74, 6) is 1.50. The minimum Gasteiger partial charge on any atom is -0.393 e. The molecule has 202 valence electrons. The SMILES string of the molecule is CCCCCCCCCCCCCCCCNc1ncnc(N(CC)c2cccc3ccccc23)c1N. The van der Waals surface area contributed by atoms with Crippen molar-refractivity contribution in [2.45, 2.75) is 104 Å². The Hall–Kier alpha value is -2.82. The number of unbranched alkanes of at least 4 members (excludes halogenated alkanes) is 13. The molecule has 3 aromatic rings. The summed E-state index contributed by atoms with van der Waals surface area (Å²) in [5.41, 5.74) is 8.30. The highest BCUT2D eigenvalue weighted by atomic mass is 15.2. The van der Waals surface area contributed by atoms with Crippen molar-refractivity contribution in [2.24, 2.45) is 0 Å². The smallest absolute Gasteiger partial charge is 0.161 e. The van der Waals surface area contributed by atoms with Crippen LogP contribution in [0.1, 0.15) is 104 Å². The van der Waals surface area contributed by atoms with Crippen LogP contribution in [0.5, 0.6) is 0 Å². The monoisotopic (exact) mass is 503 g/mol. The van der Waals surface area contributed by atoms with E-state index in [0.29, 0.717) is 5.69 Å². The third kappa shape index (κ3) is 9.21. The fraction of sp³-hybridized carbons (Fsp3) is 0.562. The van der Waals surface area contributed by atoms with Gasteiger partial charge < -0.3 is 16.0 Å². The number of hydrogen-bond acceptors (Lipinski definition) is 5. The van der Waals surface area contributed by atoms with Gasteiger partial charge in [0.2, 0.25) is 0 Å². The van der Waals surface area contributed by atoms with E-state index in [2.05, 4.69) is 76.5 Å². The summed E-state index contributed by atoms with van der Waals surface area (Å²) in [5, 5.41) is 5.87. The van der Waals surface area contributed by atoms with Gasteiger partial charge >= 0.3 is 0 Å². The molecule has 0 amide bonds. The van der Waals surface area contributed by atoms with E-state index < -0.39 is 0 Å². The molecule has 3 rings (SSSR count). The Labute approximate surface area is 225 Å². The lowest BCUT2D eigenvalue weighted by Gasteiger charge is -2.25. The Bertz CT molecular complexity index is 1030. The van der Waals surface area contributed by atoms with Crippen LogP contribution in [-0.4, -0.2) is 23.1 Å². The third-order valence-electron chi connectivity index (χ3n) is 7.31. The Morgan fingerprint density at radius 3 is 1.95 bits per heavy atom. The molecule has 37 heavy (non-hydrogen) atoms. The summed E-state index contributed by atoms with van der Waals surface area (Å²) in [6.45, 7) is 6.08. The van der Waals surface area contributed by atoms with Gasteiger partial charge in [-0.2, -0.15) is 0 Å². The lowest BCUT2D eigenvalue weighted by molar-refractivity contribution is 0.537. The molecule has 1 aromatic heterocycles. The van der Waals surface area contributed by atoms with Crippen molar-refractivity contribution < 1.29 is 0 Å².